The molecule has 1 rings (SSSR count). The third-order valence-corrected chi connectivity index (χ3v) is 1.27. The van der Waals surface area contributed by atoms with E-state index in [1.54, 1.807) is 13.8 Å². The fourth-order valence-corrected chi connectivity index (χ4v) is 0.656. The highest BCUT2D eigenvalue weighted by atomic mass is 19.1. The largest absolute Gasteiger partial charge is 0.446 e. The quantitative estimate of drug-likeness (QED) is 0.635. The van der Waals surface area contributed by atoms with Gasteiger partial charge < -0.3 is 4.42 Å². The van der Waals surface area contributed by atoms with Crippen LogP contribution in [0.2, 0.25) is 0 Å². The van der Waals surface area contributed by atoms with Crippen LogP contribution in [0.4, 0.5) is 4.39 Å². The van der Waals surface area contributed by atoms with E-state index in [4.69, 9.17) is 4.42 Å². The van der Waals surface area contributed by atoms with E-state index in [9.17, 15) is 4.39 Å². The number of nitrogens with zero attached hydrogens (tertiary/aromatic N) is 1. The summed E-state index contributed by atoms with van der Waals surface area (Å²) >= 11 is 0. The van der Waals surface area contributed by atoms with Crippen molar-refractivity contribution in [1.29, 1.82) is 0 Å². The Morgan fingerprint density at radius 2 is 2.30 bits per heavy atom. The van der Waals surface area contributed by atoms with Gasteiger partial charge in [0.1, 0.15) is 6.26 Å². The fraction of sp³-hybridized carbons (Fsp3) is 0.571. The summed E-state index contributed by atoms with van der Waals surface area (Å²) in [5.74, 6) is 0.105. The number of alkyl halides is 1. The summed E-state index contributed by atoms with van der Waals surface area (Å²) in [6.07, 6.45) is 1.75. The van der Waals surface area contributed by atoms with Crippen molar-refractivity contribution >= 4 is 0 Å². The first-order valence-electron chi connectivity index (χ1n) is 3.25. The Morgan fingerprint density at radius 1 is 1.60 bits per heavy atom. The van der Waals surface area contributed by atoms with Crippen LogP contribution < -0.4 is 0 Å². The number of hydrogen-bond donors (Lipinski definition) is 0. The van der Waals surface area contributed by atoms with Crippen LogP contribution in [0.3, 0.4) is 0 Å². The maximum absolute atomic E-state index is 12.9. The molecule has 1 aromatic rings. The van der Waals surface area contributed by atoms with Crippen molar-refractivity contribution in [3.63, 3.8) is 0 Å². The molecule has 0 spiro atoms. The first-order valence-corrected chi connectivity index (χ1v) is 3.25. The lowest BCUT2D eigenvalue weighted by molar-refractivity contribution is 0.212. The minimum Gasteiger partial charge on any atom is -0.446 e. The van der Waals surface area contributed by atoms with E-state index in [0.29, 0.717) is 0 Å². The third kappa shape index (κ3) is 1.35. The topological polar surface area (TPSA) is 26.0 Å². The number of hydrogen-bond acceptors (Lipinski definition) is 2. The molecule has 0 radical (unpaired) electrons. The normalized spacial score (nSPS) is 14.0. The Labute approximate surface area is 59.1 Å². The van der Waals surface area contributed by atoms with Crippen LogP contribution in [0.15, 0.2) is 16.9 Å². The first-order chi connectivity index (χ1) is 4.72. The Bertz CT molecular complexity index is 183. The molecule has 0 saturated heterocycles. The Morgan fingerprint density at radius 3 is 2.70 bits per heavy atom. The predicted octanol–water partition coefficient (Wildman–Crippen LogP) is 2.34. The molecular weight excluding hydrogens is 133 g/mol. The standard InChI is InChI=1S/C7H10FNO/c1-5(2)6(8)7-9-3-4-10-7/h3-6H,1-2H3. The van der Waals surface area contributed by atoms with Gasteiger partial charge in [0.25, 0.3) is 0 Å². The van der Waals surface area contributed by atoms with E-state index < -0.39 is 6.17 Å². The zero-order valence-electron chi connectivity index (χ0n) is 6.04. The minimum atomic E-state index is -1.07. The highest BCUT2D eigenvalue weighted by Gasteiger charge is 2.17. The summed E-state index contributed by atoms with van der Waals surface area (Å²) in [4.78, 5) is 3.70. The van der Waals surface area contributed by atoms with Gasteiger partial charge in [0, 0.05) is 0 Å². The second kappa shape index (κ2) is 2.82. The van der Waals surface area contributed by atoms with Gasteiger partial charge in [0.15, 0.2) is 6.17 Å². The van der Waals surface area contributed by atoms with Crippen molar-refractivity contribution in [3.8, 4) is 0 Å². The second-order valence-electron chi connectivity index (χ2n) is 2.52. The number of aromatic nitrogens is 1. The Hall–Kier alpha value is -0.860. The van der Waals surface area contributed by atoms with Crippen molar-refractivity contribution < 1.29 is 8.81 Å². The van der Waals surface area contributed by atoms with E-state index in [-0.39, 0.29) is 11.8 Å². The molecule has 0 amide bonds. The first kappa shape index (κ1) is 7.25. The van der Waals surface area contributed by atoms with E-state index in [1.807, 2.05) is 0 Å². The molecule has 2 nitrogen and oxygen atoms in total. The monoisotopic (exact) mass is 143 g/mol. The van der Waals surface area contributed by atoms with Crippen LogP contribution in [-0.4, -0.2) is 4.98 Å². The van der Waals surface area contributed by atoms with Gasteiger partial charge >= 0.3 is 0 Å². The van der Waals surface area contributed by atoms with Gasteiger partial charge in [-0.25, -0.2) is 9.37 Å². The van der Waals surface area contributed by atoms with Crippen molar-refractivity contribution in [2.24, 2.45) is 5.92 Å². The van der Waals surface area contributed by atoms with Crippen LogP contribution in [0, 0.1) is 5.92 Å². The number of rotatable bonds is 2. The molecular formula is C7H10FNO. The molecule has 1 atom stereocenters. The lowest BCUT2D eigenvalue weighted by Crippen LogP contribution is -1.99. The van der Waals surface area contributed by atoms with Crippen LogP contribution >= 0.6 is 0 Å². The van der Waals surface area contributed by atoms with Crippen LogP contribution in [-0.2, 0) is 0 Å². The summed E-state index contributed by atoms with van der Waals surface area (Å²) in [7, 11) is 0. The number of oxazole rings is 1. The summed E-state index contributed by atoms with van der Waals surface area (Å²) in [5.41, 5.74) is 0. The average Bonchev–Trinajstić information content (AvgIpc) is 2.36. The van der Waals surface area contributed by atoms with Crippen molar-refractivity contribution in [3.05, 3.63) is 18.4 Å². The lowest BCUT2D eigenvalue weighted by atomic mass is 10.1. The van der Waals surface area contributed by atoms with Gasteiger partial charge in [-0.3, -0.25) is 0 Å². The van der Waals surface area contributed by atoms with Crippen LogP contribution in [0.25, 0.3) is 0 Å². The molecule has 0 aromatic carbocycles. The molecule has 0 aliphatic rings. The highest BCUT2D eigenvalue weighted by Crippen LogP contribution is 2.23. The third-order valence-electron chi connectivity index (χ3n) is 1.27. The molecule has 0 aliphatic heterocycles. The smallest absolute Gasteiger partial charge is 0.228 e. The zero-order chi connectivity index (χ0) is 7.56. The van der Waals surface area contributed by atoms with Crippen molar-refractivity contribution in [2.45, 2.75) is 20.0 Å². The summed E-state index contributed by atoms with van der Waals surface area (Å²) < 4.78 is 17.7. The second-order valence-corrected chi connectivity index (χ2v) is 2.52. The molecule has 0 N–H and O–H groups in total. The van der Waals surface area contributed by atoms with E-state index in [2.05, 4.69) is 4.98 Å². The SMILES string of the molecule is CC(C)C(F)c1ncco1. The van der Waals surface area contributed by atoms with Crippen LogP contribution in [0.5, 0.6) is 0 Å². The Kier molecular flexibility index (Phi) is 2.04. The highest BCUT2D eigenvalue weighted by molar-refractivity contribution is 4.86. The molecule has 1 aromatic heterocycles. The number of halogens is 1. The summed E-state index contributed by atoms with van der Waals surface area (Å²) in [5, 5.41) is 0. The van der Waals surface area contributed by atoms with Gasteiger partial charge in [-0.15, -0.1) is 0 Å². The van der Waals surface area contributed by atoms with Gasteiger partial charge in [-0.2, -0.15) is 0 Å². The Balaban J connectivity index is 2.68. The average molecular weight is 143 g/mol. The lowest BCUT2D eigenvalue weighted by Gasteiger charge is -2.05. The molecule has 3 heteroatoms. The molecule has 1 heterocycles. The molecule has 0 aliphatic carbocycles. The van der Waals surface area contributed by atoms with Gasteiger partial charge in [-0.05, 0) is 5.92 Å². The molecule has 56 valence electrons. The van der Waals surface area contributed by atoms with Gasteiger partial charge in [-0.1, -0.05) is 13.8 Å². The van der Waals surface area contributed by atoms with Crippen LogP contribution in [0.1, 0.15) is 25.9 Å². The summed E-state index contributed by atoms with van der Waals surface area (Å²) in [6.45, 7) is 3.57. The molecule has 1 unspecified atom stereocenters. The van der Waals surface area contributed by atoms with Gasteiger partial charge in [0.05, 0.1) is 6.20 Å². The minimum absolute atomic E-state index is 0.0707. The summed E-state index contributed by atoms with van der Waals surface area (Å²) in [6, 6.07) is 0. The zero-order valence-corrected chi connectivity index (χ0v) is 6.04. The predicted molar refractivity (Wildman–Crippen MR) is 35.2 cm³/mol. The fourth-order valence-electron chi connectivity index (χ4n) is 0.656. The molecule has 10 heavy (non-hydrogen) atoms. The maximum Gasteiger partial charge on any atom is 0.228 e. The van der Waals surface area contributed by atoms with Crippen molar-refractivity contribution in [2.75, 3.05) is 0 Å². The van der Waals surface area contributed by atoms with E-state index >= 15 is 0 Å². The van der Waals surface area contributed by atoms with E-state index in [1.165, 1.54) is 12.5 Å². The molecule has 0 saturated carbocycles. The maximum atomic E-state index is 12.9. The van der Waals surface area contributed by atoms with Crippen molar-refractivity contribution in [1.82, 2.24) is 4.98 Å². The van der Waals surface area contributed by atoms with Gasteiger partial charge in [0.2, 0.25) is 5.89 Å². The molecule has 0 bridgehead atoms. The molecule has 0 fully saturated rings. The van der Waals surface area contributed by atoms with E-state index in [0.717, 1.165) is 0 Å².